The molecule has 96 valence electrons. The molecule has 1 fully saturated rings. The quantitative estimate of drug-likeness (QED) is 0.788. The number of aliphatic hydroxyl groups excluding tert-OH is 1. The van der Waals surface area contributed by atoms with E-state index < -0.39 is 0 Å². The molecule has 0 saturated carbocycles. The van der Waals surface area contributed by atoms with Gasteiger partial charge in [-0.1, -0.05) is 36.7 Å². The van der Waals surface area contributed by atoms with Crippen molar-refractivity contribution in [2.75, 3.05) is 25.0 Å². The fraction of sp³-hybridized carbons (Fsp3) is 1.00. The lowest BCUT2D eigenvalue weighted by atomic mass is 9.83. The van der Waals surface area contributed by atoms with E-state index in [2.05, 4.69) is 41.6 Å². The van der Waals surface area contributed by atoms with Crippen molar-refractivity contribution >= 4 is 15.9 Å². The Morgan fingerprint density at radius 3 is 2.44 bits per heavy atom. The maximum absolute atomic E-state index is 9.91. The van der Waals surface area contributed by atoms with E-state index in [1.807, 2.05) is 0 Å². The van der Waals surface area contributed by atoms with Gasteiger partial charge in [0.1, 0.15) is 0 Å². The van der Waals surface area contributed by atoms with Crippen LogP contribution in [0.5, 0.6) is 0 Å². The Morgan fingerprint density at radius 1 is 1.38 bits per heavy atom. The van der Waals surface area contributed by atoms with Crippen molar-refractivity contribution < 1.29 is 5.11 Å². The Hall–Kier alpha value is 0.400. The highest BCUT2D eigenvalue weighted by molar-refractivity contribution is 9.09. The van der Waals surface area contributed by atoms with Crippen LogP contribution in [0.2, 0.25) is 0 Å². The largest absolute Gasteiger partial charge is 0.392 e. The Kier molecular flexibility index (Phi) is 5.75. The molecule has 1 aliphatic heterocycles. The third-order valence-corrected chi connectivity index (χ3v) is 5.53. The first-order valence-electron chi connectivity index (χ1n) is 6.53. The van der Waals surface area contributed by atoms with Gasteiger partial charge in [-0.15, -0.1) is 0 Å². The van der Waals surface area contributed by atoms with E-state index in [0.29, 0.717) is 11.3 Å². The number of likely N-dealkylation sites (tertiary alicyclic amines) is 1. The smallest absolute Gasteiger partial charge is 0.0693 e. The molecule has 0 bridgehead atoms. The average molecular weight is 292 g/mol. The SMILES string of the molecule is CCC(CC)(CBr)CN1CCC(C)C(O)C1. The van der Waals surface area contributed by atoms with E-state index in [0.717, 1.165) is 31.4 Å². The molecule has 0 aromatic carbocycles. The van der Waals surface area contributed by atoms with Crippen molar-refractivity contribution in [2.24, 2.45) is 11.3 Å². The molecule has 16 heavy (non-hydrogen) atoms. The molecule has 0 aliphatic carbocycles. The highest BCUT2D eigenvalue weighted by Gasteiger charge is 2.31. The van der Waals surface area contributed by atoms with Gasteiger partial charge in [-0.05, 0) is 37.1 Å². The third-order valence-electron chi connectivity index (χ3n) is 4.35. The number of aliphatic hydroxyl groups is 1. The molecule has 0 radical (unpaired) electrons. The fourth-order valence-corrected chi connectivity index (χ4v) is 3.41. The van der Waals surface area contributed by atoms with Crippen LogP contribution in [0.4, 0.5) is 0 Å². The predicted molar refractivity (Wildman–Crippen MR) is 73.0 cm³/mol. The van der Waals surface area contributed by atoms with Gasteiger partial charge < -0.3 is 10.0 Å². The van der Waals surface area contributed by atoms with Crippen LogP contribution in [-0.4, -0.2) is 41.1 Å². The maximum Gasteiger partial charge on any atom is 0.0693 e. The summed E-state index contributed by atoms with van der Waals surface area (Å²) in [6, 6.07) is 0. The molecule has 0 amide bonds. The summed E-state index contributed by atoms with van der Waals surface area (Å²) in [5, 5.41) is 11.0. The van der Waals surface area contributed by atoms with Crippen molar-refractivity contribution in [1.29, 1.82) is 0 Å². The van der Waals surface area contributed by atoms with E-state index in [4.69, 9.17) is 0 Å². The number of halogens is 1. The molecule has 1 aliphatic rings. The number of hydrogen-bond acceptors (Lipinski definition) is 2. The topological polar surface area (TPSA) is 23.5 Å². The summed E-state index contributed by atoms with van der Waals surface area (Å²) < 4.78 is 0. The minimum Gasteiger partial charge on any atom is -0.392 e. The standard InChI is InChI=1S/C13H26BrNO/c1-4-13(5-2,9-14)10-15-7-6-11(3)12(16)8-15/h11-12,16H,4-10H2,1-3H3. The van der Waals surface area contributed by atoms with Crippen LogP contribution < -0.4 is 0 Å². The molecule has 2 atom stereocenters. The number of rotatable bonds is 5. The second kappa shape index (κ2) is 6.36. The Bertz CT molecular complexity index is 198. The summed E-state index contributed by atoms with van der Waals surface area (Å²) in [4.78, 5) is 2.44. The second-order valence-electron chi connectivity index (χ2n) is 5.41. The van der Waals surface area contributed by atoms with Crippen molar-refractivity contribution in [3.8, 4) is 0 Å². The molecule has 2 unspecified atom stereocenters. The zero-order valence-electron chi connectivity index (χ0n) is 10.9. The Labute approximate surface area is 109 Å². The first kappa shape index (κ1) is 14.5. The first-order chi connectivity index (χ1) is 7.56. The van der Waals surface area contributed by atoms with Gasteiger partial charge in [0.25, 0.3) is 0 Å². The van der Waals surface area contributed by atoms with Crippen molar-refractivity contribution in [3.63, 3.8) is 0 Å². The van der Waals surface area contributed by atoms with E-state index >= 15 is 0 Å². The molecule has 3 heteroatoms. The zero-order chi connectivity index (χ0) is 12.2. The fourth-order valence-electron chi connectivity index (χ4n) is 2.44. The normalized spacial score (nSPS) is 28.3. The summed E-state index contributed by atoms with van der Waals surface area (Å²) in [7, 11) is 0. The van der Waals surface area contributed by atoms with E-state index in [9.17, 15) is 5.11 Å². The second-order valence-corrected chi connectivity index (χ2v) is 5.97. The monoisotopic (exact) mass is 291 g/mol. The van der Waals surface area contributed by atoms with Crippen LogP contribution >= 0.6 is 15.9 Å². The molecule has 1 heterocycles. The Balaban J connectivity index is 2.53. The van der Waals surface area contributed by atoms with E-state index in [1.165, 1.54) is 12.8 Å². The minimum atomic E-state index is -0.129. The van der Waals surface area contributed by atoms with Crippen molar-refractivity contribution in [3.05, 3.63) is 0 Å². The average Bonchev–Trinajstić information content (AvgIpc) is 2.31. The van der Waals surface area contributed by atoms with E-state index in [-0.39, 0.29) is 6.10 Å². The molecular weight excluding hydrogens is 266 g/mol. The first-order valence-corrected chi connectivity index (χ1v) is 7.65. The molecule has 1 rings (SSSR count). The van der Waals surface area contributed by atoms with Gasteiger partial charge in [0, 0.05) is 18.4 Å². The van der Waals surface area contributed by atoms with Gasteiger partial charge in [-0.2, -0.15) is 0 Å². The number of nitrogens with zero attached hydrogens (tertiary/aromatic N) is 1. The molecule has 0 spiro atoms. The van der Waals surface area contributed by atoms with Crippen LogP contribution in [0.15, 0.2) is 0 Å². The lowest BCUT2D eigenvalue weighted by Crippen LogP contribution is -2.47. The predicted octanol–water partition coefficient (Wildman–Crippen LogP) is 2.89. The molecular formula is C13H26BrNO. The highest BCUT2D eigenvalue weighted by atomic mass is 79.9. The van der Waals surface area contributed by atoms with Gasteiger partial charge in [0.15, 0.2) is 0 Å². The summed E-state index contributed by atoms with van der Waals surface area (Å²) >= 11 is 3.66. The van der Waals surface area contributed by atoms with E-state index in [1.54, 1.807) is 0 Å². The summed E-state index contributed by atoms with van der Waals surface area (Å²) in [5.74, 6) is 0.470. The zero-order valence-corrected chi connectivity index (χ0v) is 12.5. The van der Waals surface area contributed by atoms with Gasteiger partial charge >= 0.3 is 0 Å². The molecule has 2 nitrogen and oxygen atoms in total. The van der Waals surface area contributed by atoms with Gasteiger partial charge in [0.2, 0.25) is 0 Å². The number of hydrogen-bond donors (Lipinski definition) is 1. The van der Waals surface area contributed by atoms with Crippen LogP contribution in [0.25, 0.3) is 0 Å². The molecule has 1 N–H and O–H groups in total. The third kappa shape index (κ3) is 3.44. The van der Waals surface area contributed by atoms with Crippen LogP contribution in [-0.2, 0) is 0 Å². The summed E-state index contributed by atoms with van der Waals surface area (Å²) in [6.45, 7) is 9.82. The number of β-amino-alcohol motifs (C(OH)–C–C–N with tert-alkyl or cyclic N) is 1. The number of piperidine rings is 1. The van der Waals surface area contributed by atoms with Gasteiger partial charge in [0.05, 0.1) is 6.10 Å². The highest BCUT2D eigenvalue weighted by Crippen LogP contribution is 2.31. The van der Waals surface area contributed by atoms with Crippen LogP contribution in [0.3, 0.4) is 0 Å². The van der Waals surface area contributed by atoms with Gasteiger partial charge in [-0.3, -0.25) is 0 Å². The summed E-state index contributed by atoms with van der Waals surface area (Å²) in [5.41, 5.74) is 0.389. The maximum atomic E-state index is 9.91. The van der Waals surface area contributed by atoms with Crippen molar-refractivity contribution in [2.45, 2.75) is 46.1 Å². The van der Waals surface area contributed by atoms with Crippen LogP contribution in [0.1, 0.15) is 40.0 Å². The van der Waals surface area contributed by atoms with Crippen LogP contribution in [0, 0.1) is 11.3 Å². The minimum absolute atomic E-state index is 0.129. The van der Waals surface area contributed by atoms with Gasteiger partial charge in [-0.25, -0.2) is 0 Å². The molecule has 0 aromatic rings. The summed E-state index contributed by atoms with van der Waals surface area (Å²) in [6.07, 6.45) is 3.41. The molecule has 0 aromatic heterocycles. The number of alkyl halides is 1. The lowest BCUT2D eigenvalue weighted by molar-refractivity contribution is 0.0117. The van der Waals surface area contributed by atoms with Crippen molar-refractivity contribution in [1.82, 2.24) is 4.90 Å². The molecule has 1 saturated heterocycles. The lowest BCUT2D eigenvalue weighted by Gasteiger charge is -2.40. The Morgan fingerprint density at radius 2 is 2.00 bits per heavy atom.